The third-order valence-electron chi connectivity index (χ3n) is 2.92. The summed E-state index contributed by atoms with van der Waals surface area (Å²) in [5.74, 6) is 0. The number of benzene rings is 2. The Morgan fingerprint density at radius 3 is 2.65 bits per heavy atom. The van der Waals surface area contributed by atoms with Gasteiger partial charge in [-0.3, -0.25) is 0 Å². The van der Waals surface area contributed by atoms with Crippen LogP contribution < -0.4 is 4.90 Å². The lowest BCUT2D eigenvalue weighted by Gasteiger charge is -2.32. The van der Waals surface area contributed by atoms with Crippen LogP contribution >= 0.6 is 27.7 Å². The van der Waals surface area contributed by atoms with E-state index in [9.17, 15) is 0 Å². The number of hydrogen-bond acceptors (Lipinski definition) is 2. The van der Waals surface area contributed by atoms with Crippen molar-refractivity contribution in [2.75, 3.05) is 11.4 Å². The topological polar surface area (TPSA) is 3.24 Å². The zero-order valence-electron chi connectivity index (χ0n) is 9.48. The van der Waals surface area contributed by atoms with Gasteiger partial charge in [0.25, 0.3) is 0 Å². The van der Waals surface area contributed by atoms with Gasteiger partial charge in [-0.1, -0.05) is 30.0 Å². The van der Waals surface area contributed by atoms with Crippen molar-refractivity contribution in [2.24, 2.45) is 0 Å². The highest BCUT2D eigenvalue weighted by molar-refractivity contribution is 9.10. The Kier molecular flexibility index (Phi) is 2.89. The molecule has 0 aliphatic carbocycles. The zero-order valence-corrected chi connectivity index (χ0v) is 11.9. The molecule has 0 unspecified atom stereocenters. The molecule has 1 heterocycles. The number of rotatable bonds is 1. The van der Waals surface area contributed by atoms with Crippen molar-refractivity contribution in [2.45, 2.75) is 16.7 Å². The molecule has 0 fully saturated rings. The van der Waals surface area contributed by atoms with E-state index >= 15 is 0 Å². The summed E-state index contributed by atoms with van der Waals surface area (Å²) in [4.78, 5) is 5.01. The van der Waals surface area contributed by atoms with Gasteiger partial charge in [-0.25, -0.2) is 0 Å². The molecule has 3 heteroatoms. The summed E-state index contributed by atoms with van der Waals surface area (Å²) >= 11 is 5.48. The van der Waals surface area contributed by atoms with Crippen LogP contribution in [-0.4, -0.2) is 6.54 Å². The molecule has 0 aromatic heterocycles. The van der Waals surface area contributed by atoms with Crippen LogP contribution in [0.5, 0.6) is 0 Å². The van der Waals surface area contributed by atoms with Crippen molar-refractivity contribution in [1.29, 1.82) is 0 Å². The average molecular weight is 306 g/mol. The normalized spacial score (nSPS) is 13.2. The molecule has 2 aromatic carbocycles. The van der Waals surface area contributed by atoms with E-state index in [2.05, 4.69) is 70.2 Å². The molecule has 1 aliphatic rings. The predicted octanol–water partition coefficient (Wildman–Crippen LogP) is 5.07. The maximum Gasteiger partial charge on any atom is 0.0564 e. The minimum absolute atomic E-state index is 0.987. The minimum atomic E-state index is 0.987. The molecule has 0 spiro atoms. The second kappa shape index (κ2) is 4.39. The Balaban J connectivity index is 2.22. The van der Waals surface area contributed by atoms with Gasteiger partial charge in [-0.2, -0.15) is 0 Å². The average Bonchev–Trinajstić information content (AvgIpc) is 2.37. The van der Waals surface area contributed by atoms with Gasteiger partial charge in [0.1, 0.15) is 0 Å². The molecule has 3 rings (SSSR count). The summed E-state index contributed by atoms with van der Waals surface area (Å²) in [5.41, 5.74) is 2.61. The van der Waals surface area contributed by atoms with Gasteiger partial charge in [-0.15, -0.1) is 0 Å². The zero-order chi connectivity index (χ0) is 11.8. The van der Waals surface area contributed by atoms with Crippen LogP contribution in [0.3, 0.4) is 0 Å². The second-order valence-corrected chi connectivity index (χ2v) is 5.81. The van der Waals surface area contributed by atoms with Gasteiger partial charge in [0, 0.05) is 15.9 Å². The van der Waals surface area contributed by atoms with E-state index in [1.807, 2.05) is 11.8 Å². The lowest BCUT2D eigenvalue weighted by Crippen LogP contribution is -2.19. The first-order chi connectivity index (χ1) is 8.31. The molecule has 0 saturated heterocycles. The van der Waals surface area contributed by atoms with Gasteiger partial charge >= 0.3 is 0 Å². The molecule has 0 bridgehead atoms. The van der Waals surface area contributed by atoms with Crippen LogP contribution in [0.15, 0.2) is 56.7 Å². The first-order valence-corrected chi connectivity index (χ1v) is 7.25. The Morgan fingerprint density at radius 2 is 1.82 bits per heavy atom. The Morgan fingerprint density at radius 1 is 1.06 bits per heavy atom. The monoisotopic (exact) mass is 305 g/mol. The molecule has 0 radical (unpaired) electrons. The molecule has 0 N–H and O–H groups in total. The largest absolute Gasteiger partial charge is 0.340 e. The highest BCUT2D eigenvalue weighted by Gasteiger charge is 2.23. The Labute approximate surface area is 114 Å². The number of hydrogen-bond donors (Lipinski definition) is 0. The van der Waals surface area contributed by atoms with Crippen LogP contribution in [0, 0.1) is 0 Å². The summed E-state index contributed by atoms with van der Waals surface area (Å²) in [5, 5.41) is 0. The predicted molar refractivity (Wildman–Crippen MR) is 77.4 cm³/mol. The molecular weight excluding hydrogens is 294 g/mol. The molecule has 0 atom stereocenters. The van der Waals surface area contributed by atoms with Gasteiger partial charge in [-0.05, 0) is 47.1 Å². The molecule has 0 saturated carbocycles. The third-order valence-corrected chi connectivity index (χ3v) is 5.04. The fourth-order valence-corrected chi connectivity index (χ4v) is 3.85. The van der Waals surface area contributed by atoms with E-state index in [1.54, 1.807) is 0 Å². The fraction of sp³-hybridized carbons (Fsp3) is 0.143. The standard InChI is InChI=1S/C14H12BrNS/c1-2-16-11-7-3-4-9-13(11)17-14-10(15)6-5-8-12(14)16/h3-9H,2H2,1H3. The van der Waals surface area contributed by atoms with Gasteiger partial charge < -0.3 is 4.90 Å². The maximum atomic E-state index is 3.64. The first kappa shape index (κ1) is 11.2. The van der Waals surface area contributed by atoms with Gasteiger partial charge in [0.15, 0.2) is 0 Å². The summed E-state index contributed by atoms with van der Waals surface area (Å²) in [7, 11) is 0. The number of halogens is 1. The number of fused-ring (bicyclic) bond motifs is 2. The van der Waals surface area contributed by atoms with Crippen LogP contribution in [0.4, 0.5) is 11.4 Å². The van der Waals surface area contributed by atoms with Crippen molar-refractivity contribution >= 4 is 39.1 Å². The van der Waals surface area contributed by atoms with Crippen molar-refractivity contribution < 1.29 is 0 Å². The molecule has 17 heavy (non-hydrogen) atoms. The maximum absolute atomic E-state index is 3.64. The Hall–Kier alpha value is -0.930. The van der Waals surface area contributed by atoms with E-state index in [-0.39, 0.29) is 0 Å². The molecule has 0 amide bonds. The lowest BCUT2D eigenvalue weighted by molar-refractivity contribution is 0.976. The van der Waals surface area contributed by atoms with Crippen molar-refractivity contribution in [3.63, 3.8) is 0 Å². The number of nitrogens with zero attached hydrogens (tertiary/aromatic N) is 1. The molecule has 1 nitrogen and oxygen atoms in total. The van der Waals surface area contributed by atoms with Gasteiger partial charge in [0.05, 0.1) is 16.3 Å². The number of anilines is 2. The smallest absolute Gasteiger partial charge is 0.0564 e. The summed E-state index contributed by atoms with van der Waals surface area (Å²) in [6.07, 6.45) is 0. The molecule has 2 aromatic rings. The lowest BCUT2D eigenvalue weighted by atomic mass is 10.2. The van der Waals surface area contributed by atoms with Crippen LogP contribution in [-0.2, 0) is 0 Å². The molecule has 1 aliphatic heterocycles. The SMILES string of the molecule is CCN1c2ccccc2Sc2c(Br)cccc21. The highest BCUT2D eigenvalue weighted by atomic mass is 79.9. The van der Waals surface area contributed by atoms with E-state index in [0.29, 0.717) is 0 Å². The number of para-hydroxylation sites is 1. The first-order valence-electron chi connectivity index (χ1n) is 5.64. The van der Waals surface area contributed by atoms with Gasteiger partial charge in [0.2, 0.25) is 0 Å². The van der Waals surface area contributed by atoms with E-state index in [0.717, 1.165) is 6.54 Å². The summed E-state index contributed by atoms with van der Waals surface area (Å²) in [6, 6.07) is 15.0. The third kappa shape index (κ3) is 1.78. The van der Waals surface area contributed by atoms with Crippen molar-refractivity contribution in [3.8, 4) is 0 Å². The second-order valence-electron chi connectivity index (χ2n) is 3.90. The summed E-state index contributed by atoms with van der Waals surface area (Å²) in [6.45, 7) is 3.18. The quantitative estimate of drug-likeness (QED) is 0.723. The van der Waals surface area contributed by atoms with Crippen LogP contribution in [0.1, 0.15) is 6.92 Å². The highest BCUT2D eigenvalue weighted by Crippen LogP contribution is 2.50. The fourth-order valence-electron chi connectivity index (χ4n) is 2.16. The van der Waals surface area contributed by atoms with E-state index in [4.69, 9.17) is 0 Å². The molecule has 86 valence electrons. The van der Waals surface area contributed by atoms with E-state index in [1.165, 1.54) is 25.6 Å². The van der Waals surface area contributed by atoms with E-state index < -0.39 is 0 Å². The van der Waals surface area contributed by atoms with Crippen molar-refractivity contribution in [3.05, 3.63) is 46.9 Å². The van der Waals surface area contributed by atoms with Crippen LogP contribution in [0.25, 0.3) is 0 Å². The van der Waals surface area contributed by atoms with Crippen molar-refractivity contribution in [1.82, 2.24) is 0 Å². The van der Waals surface area contributed by atoms with Crippen LogP contribution in [0.2, 0.25) is 0 Å². The Bertz CT molecular complexity index is 568. The minimum Gasteiger partial charge on any atom is -0.340 e. The summed E-state index contributed by atoms with van der Waals surface area (Å²) < 4.78 is 1.17. The molecular formula is C14H12BrNS.